The molecule has 0 saturated carbocycles. The Morgan fingerprint density at radius 1 is 1.39 bits per heavy atom. The average Bonchev–Trinajstić information content (AvgIpc) is 2.40. The van der Waals surface area contributed by atoms with Gasteiger partial charge < -0.3 is 4.74 Å². The lowest BCUT2D eigenvalue weighted by atomic mass is 10.1. The van der Waals surface area contributed by atoms with Crippen LogP contribution >= 0.6 is 0 Å². The molecule has 1 amide bonds. The molecule has 0 bridgehead atoms. The van der Waals surface area contributed by atoms with Crippen LogP contribution in [-0.4, -0.2) is 30.7 Å². The van der Waals surface area contributed by atoms with Gasteiger partial charge in [0.15, 0.2) is 6.61 Å². The smallest absolute Gasteiger partial charge is 0.283 e. The van der Waals surface area contributed by atoms with Crippen molar-refractivity contribution in [3.05, 3.63) is 29.3 Å². The van der Waals surface area contributed by atoms with Crippen molar-refractivity contribution in [2.75, 3.05) is 19.8 Å². The lowest BCUT2D eigenvalue weighted by Crippen LogP contribution is -2.38. The average molecular weight is 249 g/mol. The number of benzene rings is 1. The van der Waals surface area contributed by atoms with Crippen LogP contribution in [-0.2, 0) is 9.63 Å². The van der Waals surface area contributed by atoms with Gasteiger partial charge in [-0.2, -0.15) is 0 Å². The van der Waals surface area contributed by atoms with Gasteiger partial charge in [-0.05, 0) is 43.9 Å². The van der Waals surface area contributed by atoms with Gasteiger partial charge in [0.25, 0.3) is 5.91 Å². The molecule has 0 spiro atoms. The highest BCUT2D eigenvalue weighted by molar-refractivity contribution is 5.76. The fourth-order valence-corrected chi connectivity index (χ4v) is 1.87. The highest BCUT2D eigenvalue weighted by atomic mass is 16.7. The second kappa shape index (κ2) is 5.87. The Bertz CT molecular complexity index is 425. The van der Waals surface area contributed by atoms with Crippen molar-refractivity contribution in [1.82, 2.24) is 5.06 Å². The summed E-state index contributed by atoms with van der Waals surface area (Å²) in [5.74, 6) is 0.649. The maximum Gasteiger partial charge on any atom is 0.283 e. The fourth-order valence-electron chi connectivity index (χ4n) is 1.87. The van der Waals surface area contributed by atoms with Gasteiger partial charge in [-0.15, -0.1) is 0 Å². The molecule has 1 aliphatic heterocycles. The molecule has 1 aromatic rings. The highest BCUT2D eigenvalue weighted by Crippen LogP contribution is 2.19. The number of rotatable bonds is 3. The second-order valence-electron chi connectivity index (χ2n) is 4.59. The number of hydrogen-bond acceptors (Lipinski definition) is 3. The molecule has 0 unspecified atom stereocenters. The Hall–Kier alpha value is -1.55. The molecule has 4 heteroatoms. The molecule has 1 fully saturated rings. The summed E-state index contributed by atoms with van der Waals surface area (Å²) in [4.78, 5) is 17.1. The number of amides is 1. The molecule has 18 heavy (non-hydrogen) atoms. The van der Waals surface area contributed by atoms with E-state index < -0.39 is 0 Å². The summed E-state index contributed by atoms with van der Waals surface area (Å²) < 4.78 is 5.56. The number of ether oxygens (including phenoxy) is 1. The van der Waals surface area contributed by atoms with E-state index in [1.165, 1.54) is 5.06 Å². The summed E-state index contributed by atoms with van der Waals surface area (Å²) in [6.45, 7) is 5.28. The first-order valence-electron chi connectivity index (χ1n) is 6.30. The predicted molar refractivity (Wildman–Crippen MR) is 68.3 cm³/mol. The summed E-state index contributed by atoms with van der Waals surface area (Å²) in [5, 5.41) is 1.41. The molecular formula is C14H19NO3. The third-order valence-electron chi connectivity index (χ3n) is 2.98. The van der Waals surface area contributed by atoms with Crippen molar-refractivity contribution in [1.29, 1.82) is 0 Å². The lowest BCUT2D eigenvalue weighted by Gasteiger charge is -2.25. The molecule has 1 saturated heterocycles. The molecule has 98 valence electrons. The van der Waals surface area contributed by atoms with Crippen LogP contribution in [0.25, 0.3) is 0 Å². The van der Waals surface area contributed by atoms with Crippen LogP contribution in [0.15, 0.2) is 18.2 Å². The zero-order valence-electron chi connectivity index (χ0n) is 10.9. The van der Waals surface area contributed by atoms with Crippen molar-refractivity contribution >= 4 is 5.91 Å². The number of hydrogen-bond donors (Lipinski definition) is 0. The van der Waals surface area contributed by atoms with Crippen molar-refractivity contribution in [2.45, 2.75) is 26.7 Å². The Kier molecular flexibility index (Phi) is 4.20. The van der Waals surface area contributed by atoms with Crippen LogP contribution in [0.1, 0.15) is 24.0 Å². The van der Waals surface area contributed by atoms with Crippen LogP contribution in [0.3, 0.4) is 0 Å². The van der Waals surface area contributed by atoms with Gasteiger partial charge in [-0.25, -0.2) is 5.06 Å². The summed E-state index contributed by atoms with van der Waals surface area (Å²) in [6.07, 6.45) is 2.01. The van der Waals surface area contributed by atoms with Crippen molar-refractivity contribution < 1.29 is 14.4 Å². The van der Waals surface area contributed by atoms with Gasteiger partial charge >= 0.3 is 0 Å². The molecule has 1 aliphatic rings. The van der Waals surface area contributed by atoms with Gasteiger partial charge in [-0.1, -0.05) is 12.1 Å². The van der Waals surface area contributed by atoms with E-state index in [4.69, 9.17) is 9.57 Å². The monoisotopic (exact) mass is 249 g/mol. The SMILES string of the molecule is Cc1ccc(C)c(OCC(=O)N2CCCCO2)c1. The maximum absolute atomic E-state index is 11.8. The van der Waals surface area contributed by atoms with E-state index in [2.05, 4.69) is 0 Å². The van der Waals surface area contributed by atoms with E-state index in [9.17, 15) is 4.79 Å². The number of hydroxylamine groups is 2. The van der Waals surface area contributed by atoms with E-state index in [1.54, 1.807) is 0 Å². The topological polar surface area (TPSA) is 38.8 Å². The molecule has 0 N–H and O–H groups in total. The first-order valence-corrected chi connectivity index (χ1v) is 6.30. The molecule has 2 rings (SSSR count). The molecule has 1 aromatic carbocycles. The highest BCUT2D eigenvalue weighted by Gasteiger charge is 2.18. The Labute approximate surface area is 107 Å². The molecule has 0 radical (unpaired) electrons. The standard InChI is InChI=1S/C14H19NO3/c1-11-5-6-12(2)13(9-11)17-10-14(16)15-7-3-4-8-18-15/h5-6,9H,3-4,7-8,10H2,1-2H3. The molecule has 0 aliphatic carbocycles. The Morgan fingerprint density at radius 2 is 2.22 bits per heavy atom. The Balaban J connectivity index is 1.90. The lowest BCUT2D eigenvalue weighted by molar-refractivity contribution is -0.198. The summed E-state index contributed by atoms with van der Waals surface area (Å²) in [6, 6.07) is 5.96. The third kappa shape index (κ3) is 3.23. The summed E-state index contributed by atoms with van der Waals surface area (Å²) >= 11 is 0. The van der Waals surface area contributed by atoms with Crippen LogP contribution in [0.2, 0.25) is 0 Å². The molecule has 4 nitrogen and oxygen atoms in total. The van der Waals surface area contributed by atoms with Crippen LogP contribution in [0, 0.1) is 13.8 Å². The van der Waals surface area contributed by atoms with Gasteiger partial charge in [0.05, 0.1) is 6.61 Å². The van der Waals surface area contributed by atoms with E-state index in [0.717, 1.165) is 29.7 Å². The third-order valence-corrected chi connectivity index (χ3v) is 2.98. The fraction of sp³-hybridized carbons (Fsp3) is 0.500. The number of nitrogens with zero attached hydrogens (tertiary/aromatic N) is 1. The van der Waals surface area contributed by atoms with E-state index in [-0.39, 0.29) is 12.5 Å². The van der Waals surface area contributed by atoms with Crippen molar-refractivity contribution in [3.63, 3.8) is 0 Å². The van der Waals surface area contributed by atoms with Crippen LogP contribution in [0.4, 0.5) is 0 Å². The van der Waals surface area contributed by atoms with Gasteiger partial charge in [-0.3, -0.25) is 9.63 Å². The van der Waals surface area contributed by atoms with Crippen LogP contribution < -0.4 is 4.74 Å². The van der Waals surface area contributed by atoms with Crippen molar-refractivity contribution in [2.24, 2.45) is 0 Å². The zero-order chi connectivity index (χ0) is 13.0. The normalized spacial score (nSPS) is 15.6. The maximum atomic E-state index is 11.8. The van der Waals surface area contributed by atoms with Crippen molar-refractivity contribution in [3.8, 4) is 5.75 Å². The summed E-state index contributed by atoms with van der Waals surface area (Å²) in [7, 11) is 0. The molecule has 0 atom stereocenters. The second-order valence-corrected chi connectivity index (χ2v) is 4.59. The molecule has 1 heterocycles. The van der Waals surface area contributed by atoms with E-state index in [1.807, 2.05) is 32.0 Å². The predicted octanol–water partition coefficient (Wildman–Crippen LogP) is 2.24. The van der Waals surface area contributed by atoms with Gasteiger partial charge in [0.2, 0.25) is 0 Å². The number of carbonyl (C=O) groups is 1. The minimum absolute atomic E-state index is 0.0320. The quantitative estimate of drug-likeness (QED) is 0.824. The van der Waals surface area contributed by atoms with Gasteiger partial charge in [0, 0.05) is 6.54 Å². The Morgan fingerprint density at radius 3 is 2.94 bits per heavy atom. The largest absolute Gasteiger partial charge is 0.483 e. The zero-order valence-corrected chi connectivity index (χ0v) is 10.9. The first kappa shape index (κ1) is 12.9. The van der Waals surface area contributed by atoms with E-state index >= 15 is 0 Å². The summed E-state index contributed by atoms with van der Waals surface area (Å²) in [5.41, 5.74) is 2.16. The number of aryl methyl sites for hydroxylation is 2. The first-order chi connectivity index (χ1) is 8.66. The number of carbonyl (C=O) groups excluding carboxylic acids is 1. The molecule has 0 aromatic heterocycles. The van der Waals surface area contributed by atoms with Crippen LogP contribution in [0.5, 0.6) is 5.75 Å². The minimum atomic E-state index is -0.115. The molecular weight excluding hydrogens is 230 g/mol. The minimum Gasteiger partial charge on any atom is -0.483 e. The van der Waals surface area contributed by atoms with E-state index in [0.29, 0.717) is 13.2 Å². The van der Waals surface area contributed by atoms with Gasteiger partial charge in [0.1, 0.15) is 5.75 Å².